The van der Waals surface area contributed by atoms with E-state index in [9.17, 15) is 0 Å². The first-order chi connectivity index (χ1) is 9.08. The first-order valence-electron chi connectivity index (χ1n) is 7.05. The molecule has 1 heterocycles. The molecule has 0 amide bonds. The van der Waals surface area contributed by atoms with Crippen LogP contribution in [0.3, 0.4) is 0 Å². The Bertz CT molecular complexity index is 388. The maximum atomic E-state index is 5.59. The molecule has 2 atom stereocenters. The van der Waals surface area contributed by atoms with E-state index in [0.717, 1.165) is 36.0 Å². The van der Waals surface area contributed by atoms with Gasteiger partial charge in [0.05, 0.1) is 22.0 Å². The lowest BCUT2D eigenvalue weighted by Gasteiger charge is -2.26. The summed E-state index contributed by atoms with van der Waals surface area (Å²) >= 11 is 3.68. The highest BCUT2D eigenvalue weighted by molar-refractivity contribution is 9.10. The Morgan fingerprint density at radius 1 is 1.37 bits per heavy atom. The van der Waals surface area contributed by atoms with Crippen molar-refractivity contribution in [3.8, 4) is 0 Å². The van der Waals surface area contributed by atoms with Crippen LogP contribution in [0.4, 0.5) is 0 Å². The van der Waals surface area contributed by atoms with Gasteiger partial charge in [0.25, 0.3) is 0 Å². The zero-order chi connectivity index (χ0) is 14.4. The molecule has 0 aliphatic heterocycles. The molecular formula is C14H26BrN3O. The molecule has 110 valence electrons. The van der Waals surface area contributed by atoms with E-state index in [0.29, 0.717) is 6.04 Å². The fraction of sp³-hybridized carbons (Fsp3) is 0.786. The third-order valence-electron chi connectivity index (χ3n) is 3.54. The van der Waals surface area contributed by atoms with Gasteiger partial charge < -0.3 is 10.1 Å². The molecule has 1 aromatic rings. The number of hydrogen-bond donors (Lipinski definition) is 1. The van der Waals surface area contributed by atoms with Crippen LogP contribution in [0.5, 0.6) is 0 Å². The summed E-state index contributed by atoms with van der Waals surface area (Å²) in [5.41, 5.74) is 2.36. The molecule has 0 bridgehead atoms. The Labute approximate surface area is 125 Å². The number of nitrogens with one attached hydrogen (secondary N) is 1. The minimum atomic E-state index is 0.229. The van der Waals surface area contributed by atoms with Crippen LogP contribution in [0.1, 0.15) is 38.6 Å². The maximum absolute atomic E-state index is 5.59. The predicted octanol–water partition coefficient (Wildman–Crippen LogP) is 2.69. The van der Waals surface area contributed by atoms with E-state index in [4.69, 9.17) is 4.74 Å². The number of aromatic nitrogens is 2. The lowest BCUT2D eigenvalue weighted by molar-refractivity contribution is 0.0652. The van der Waals surface area contributed by atoms with Gasteiger partial charge in [-0.2, -0.15) is 5.10 Å². The molecule has 1 N–H and O–H groups in total. The number of methoxy groups -OCH3 is 1. The molecule has 0 saturated heterocycles. The van der Waals surface area contributed by atoms with Crippen molar-refractivity contribution in [3.63, 3.8) is 0 Å². The highest BCUT2D eigenvalue weighted by Crippen LogP contribution is 2.24. The van der Waals surface area contributed by atoms with Crippen molar-refractivity contribution in [1.29, 1.82) is 0 Å². The Hall–Kier alpha value is -0.390. The van der Waals surface area contributed by atoms with Crippen molar-refractivity contribution in [2.45, 2.75) is 52.2 Å². The van der Waals surface area contributed by atoms with Gasteiger partial charge in [0, 0.05) is 26.6 Å². The summed E-state index contributed by atoms with van der Waals surface area (Å²) in [6.07, 6.45) is 3.10. The molecular weight excluding hydrogens is 306 g/mol. The topological polar surface area (TPSA) is 39.1 Å². The lowest BCUT2D eigenvalue weighted by Crippen LogP contribution is -2.42. The second kappa shape index (κ2) is 8.02. The van der Waals surface area contributed by atoms with E-state index in [2.05, 4.69) is 47.1 Å². The fourth-order valence-electron chi connectivity index (χ4n) is 2.46. The van der Waals surface area contributed by atoms with Crippen LogP contribution in [-0.4, -0.2) is 35.6 Å². The monoisotopic (exact) mass is 331 g/mol. The molecule has 0 aliphatic carbocycles. The SMILES string of the molecule is CCNC(Cc1c(Br)c(CC)nn1C)C(CC)OC. The normalized spacial score (nSPS) is 14.6. The summed E-state index contributed by atoms with van der Waals surface area (Å²) in [7, 11) is 3.80. The molecule has 0 aromatic carbocycles. The van der Waals surface area contributed by atoms with Crippen LogP contribution in [0.2, 0.25) is 0 Å². The van der Waals surface area contributed by atoms with Crippen molar-refractivity contribution < 1.29 is 4.74 Å². The largest absolute Gasteiger partial charge is 0.380 e. The number of rotatable bonds is 8. The summed E-state index contributed by atoms with van der Waals surface area (Å²) < 4.78 is 8.72. The van der Waals surface area contributed by atoms with Crippen molar-refractivity contribution >= 4 is 15.9 Å². The highest BCUT2D eigenvalue weighted by atomic mass is 79.9. The van der Waals surface area contributed by atoms with E-state index in [-0.39, 0.29) is 6.10 Å². The fourth-order valence-corrected chi connectivity index (χ4v) is 3.24. The van der Waals surface area contributed by atoms with E-state index >= 15 is 0 Å². The predicted molar refractivity (Wildman–Crippen MR) is 82.5 cm³/mol. The molecule has 0 saturated carbocycles. The van der Waals surface area contributed by atoms with Gasteiger partial charge in [0.15, 0.2) is 0 Å². The van der Waals surface area contributed by atoms with E-state index < -0.39 is 0 Å². The van der Waals surface area contributed by atoms with Crippen LogP contribution in [0.25, 0.3) is 0 Å². The molecule has 4 nitrogen and oxygen atoms in total. The van der Waals surface area contributed by atoms with Crippen LogP contribution in [0.15, 0.2) is 4.47 Å². The second-order valence-corrected chi connectivity index (χ2v) is 5.53. The number of ether oxygens (including phenoxy) is 1. The molecule has 2 unspecified atom stereocenters. The first-order valence-corrected chi connectivity index (χ1v) is 7.84. The number of halogens is 1. The van der Waals surface area contributed by atoms with Crippen LogP contribution < -0.4 is 5.32 Å². The minimum absolute atomic E-state index is 0.229. The summed E-state index contributed by atoms with van der Waals surface area (Å²) in [5, 5.41) is 8.08. The average molecular weight is 332 g/mol. The maximum Gasteiger partial charge on any atom is 0.0766 e. The second-order valence-electron chi connectivity index (χ2n) is 4.74. The van der Waals surface area contributed by atoms with Crippen molar-refractivity contribution in [2.24, 2.45) is 7.05 Å². The molecule has 1 aromatic heterocycles. The molecule has 0 spiro atoms. The van der Waals surface area contributed by atoms with Gasteiger partial charge in [-0.15, -0.1) is 0 Å². The third-order valence-corrected chi connectivity index (χ3v) is 4.45. The number of hydrogen-bond acceptors (Lipinski definition) is 3. The molecule has 1 rings (SSSR count). The Balaban J connectivity index is 2.92. The summed E-state index contributed by atoms with van der Waals surface area (Å²) in [6.45, 7) is 7.36. The standard InChI is InChI=1S/C14H26BrN3O/c1-6-10-14(15)12(18(4)17-10)9-11(16-8-3)13(7-2)19-5/h11,13,16H,6-9H2,1-5H3. The first kappa shape index (κ1) is 16.7. The quantitative estimate of drug-likeness (QED) is 0.796. The summed E-state index contributed by atoms with van der Waals surface area (Å²) in [6, 6.07) is 0.316. The van der Waals surface area contributed by atoms with Gasteiger partial charge in [0.1, 0.15) is 0 Å². The Morgan fingerprint density at radius 2 is 2.05 bits per heavy atom. The average Bonchev–Trinajstić information content (AvgIpc) is 2.67. The van der Waals surface area contributed by atoms with E-state index in [1.807, 2.05) is 11.7 Å². The van der Waals surface area contributed by atoms with Gasteiger partial charge in [0.2, 0.25) is 0 Å². The molecule has 0 radical (unpaired) electrons. The summed E-state index contributed by atoms with van der Waals surface area (Å²) in [4.78, 5) is 0. The Morgan fingerprint density at radius 3 is 2.47 bits per heavy atom. The van der Waals surface area contributed by atoms with Gasteiger partial charge in [-0.1, -0.05) is 20.8 Å². The number of likely N-dealkylation sites (N-methyl/N-ethyl adjacent to an activating group) is 1. The van der Waals surface area contributed by atoms with E-state index in [1.54, 1.807) is 7.11 Å². The number of aryl methyl sites for hydroxylation is 2. The smallest absolute Gasteiger partial charge is 0.0766 e. The number of nitrogens with zero attached hydrogens (tertiary/aromatic N) is 2. The zero-order valence-electron chi connectivity index (χ0n) is 12.7. The van der Waals surface area contributed by atoms with Gasteiger partial charge in [-0.05, 0) is 35.3 Å². The molecule has 0 fully saturated rings. The third kappa shape index (κ3) is 4.04. The molecule has 5 heteroatoms. The van der Waals surface area contributed by atoms with Gasteiger partial charge in [-0.25, -0.2) is 0 Å². The highest BCUT2D eigenvalue weighted by Gasteiger charge is 2.23. The van der Waals surface area contributed by atoms with Crippen molar-refractivity contribution in [3.05, 3.63) is 15.9 Å². The van der Waals surface area contributed by atoms with Crippen LogP contribution >= 0.6 is 15.9 Å². The Kier molecular flexibility index (Phi) is 7.04. The van der Waals surface area contributed by atoms with Gasteiger partial charge in [-0.3, -0.25) is 4.68 Å². The molecule has 0 aliphatic rings. The van der Waals surface area contributed by atoms with Crippen molar-refractivity contribution in [1.82, 2.24) is 15.1 Å². The van der Waals surface area contributed by atoms with Crippen molar-refractivity contribution in [2.75, 3.05) is 13.7 Å². The lowest BCUT2D eigenvalue weighted by atomic mass is 10.0. The van der Waals surface area contributed by atoms with Crippen LogP contribution in [-0.2, 0) is 24.6 Å². The van der Waals surface area contributed by atoms with Crippen LogP contribution in [0, 0.1) is 0 Å². The summed E-state index contributed by atoms with van der Waals surface area (Å²) in [5.74, 6) is 0. The van der Waals surface area contributed by atoms with E-state index in [1.165, 1.54) is 5.69 Å². The van der Waals surface area contributed by atoms with Gasteiger partial charge >= 0.3 is 0 Å². The zero-order valence-corrected chi connectivity index (χ0v) is 14.2. The minimum Gasteiger partial charge on any atom is -0.380 e. The molecule has 19 heavy (non-hydrogen) atoms.